The molecule has 2 aliphatic rings. The van der Waals surface area contributed by atoms with Crippen LogP contribution in [-0.2, 0) is 0 Å². The van der Waals surface area contributed by atoms with Crippen molar-refractivity contribution in [3.8, 4) is 0 Å². The van der Waals surface area contributed by atoms with Crippen LogP contribution in [0.25, 0.3) is 0 Å². The van der Waals surface area contributed by atoms with E-state index in [1.807, 2.05) is 0 Å². The molecule has 0 aliphatic heterocycles. The molecule has 0 spiro atoms. The van der Waals surface area contributed by atoms with Crippen LogP contribution in [0, 0.1) is 17.8 Å². The number of hydrogen-bond donors (Lipinski definition) is 1. The van der Waals surface area contributed by atoms with Crippen molar-refractivity contribution in [3.63, 3.8) is 0 Å². The van der Waals surface area contributed by atoms with E-state index in [0.29, 0.717) is 0 Å². The van der Waals surface area contributed by atoms with E-state index in [2.05, 4.69) is 31.2 Å². The molecule has 4 atom stereocenters. The van der Waals surface area contributed by atoms with Gasteiger partial charge >= 0.3 is 0 Å². The number of nitrogens with zero attached hydrogens (tertiary/aromatic N) is 1. The predicted octanol–water partition coefficient (Wildman–Crippen LogP) is 2.74. The standard InChI is InChI=1S/C15H30N2/c1-12-9-14(12)11-17(3)10-13-7-5-4-6-8-15(13)16-2/h12-16H,4-11H2,1-3H3. The Morgan fingerprint density at radius 2 is 1.71 bits per heavy atom. The van der Waals surface area contributed by atoms with Crippen molar-refractivity contribution in [2.45, 2.75) is 51.5 Å². The Morgan fingerprint density at radius 1 is 1.06 bits per heavy atom. The van der Waals surface area contributed by atoms with Crippen LogP contribution < -0.4 is 5.32 Å². The van der Waals surface area contributed by atoms with Crippen LogP contribution in [0.1, 0.15) is 45.4 Å². The van der Waals surface area contributed by atoms with Crippen LogP contribution in [0.15, 0.2) is 0 Å². The minimum atomic E-state index is 0.761. The molecular formula is C15H30N2. The first-order chi connectivity index (χ1) is 8.20. The first kappa shape index (κ1) is 13.4. The highest BCUT2D eigenvalue weighted by atomic mass is 15.1. The summed E-state index contributed by atoms with van der Waals surface area (Å²) in [4.78, 5) is 2.59. The summed E-state index contributed by atoms with van der Waals surface area (Å²) in [6.07, 6.45) is 8.58. The molecule has 2 aliphatic carbocycles. The molecule has 0 aromatic carbocycles. The molecule has 17 heavy (non-hydrogen) atoms. The summed E-state index contributed by atoms with van der Waals surface area (Å²) in [7, 11) is 4.47. The summed E-state index contributed by atoms with van der Waals surface area (Å²) in [6, 6.07) is 0.761. The molecule has 0 saturated heterocycles. The molecule has 2 heteroatoms. The normalized spacial score (nSPS) is 38.1. The molecule has 0 amide bonds. The predicted molar refractivity (Wildman–Crippen MR) is 74.2 cm³/mol. The molecule has 0 bridgehead atoms. The summed E-state index contributed by atoms with van der Waals surface area (Å²) in [5.41, 5.74) is 0. The molecule has 1 N–H and O–H groups in total. The smallest absolute Gasteiger partial charge is 0.0104 e. The zero-order valence-electron chi connectivity index (χ0n) is 11.9. The lowest BCUT2D eigenvalue weighted by Gasteiger charge is -2.29. The Hall–Kier alpha value is -0.0800. The van der Waals surface area contributed by atoms with Gasteiger partial charge in [0.05, 0.1) is 0 Å². The second-order valence-corrected chi connectivity index (χ2v) is 6.49. The first-order valence-corrected chi connectivity index (χ1v) is 7.56. The summed E-state index contributed by atoms with van der Waals surface area (Å²) < 4.78 is 0. The van der Waals surface area contributed by atoms with E-state index in [9.17, 15) is 0 Å². The summed E-state index contributed by atoms with van der Waals surface area (Å²) in [5.74, 6) is 2.87. The topological polar surface area (TPSA) is 15.3 Å². The van der Waals surface area contributed by atoms with Crippen molar-refractivity contribution in [1.29, 1.82) is 0 Å². The van der Waals surface area contributed by atoms with Crippen LogP contribution in [0.2, 0.25) is 0 Å². The molecule has 0 heterocycles. The molecule has 2 fully saturated rings. The Morgan fingerprint density at radius 3 is 2.35 bits per heavy atom. The monoisotopic (exact) mass is 238 g/mol. The largest absolute Gasteiger partial charge is 0.317 e. The van der Waals surface area contributed by atoms with Crippen LogP contribution in [0.5, 0.6) is 0 Å². The number of rotatable bonds is 5. The third-order valence-electron chi connectivity index (χ3n) is 4.90. The first-order valence-electron chi connectivity index (χ1n) is 7.56. The molecule has 2 nitrogen and oxygen atoms in total. The van der Waals surface area contributed by atoms with E-state index in [1.54, 1.807) is 0 Å². The van der Waals surface area contributed by atoms with Gasteiger partial charge in [0.1, 0.15) is 0 Å². The van der Waals surface area contributed by atoms with Crippen LogP contribution in [0.3, 0.4) is 0 Å². The van der Waals surface area contributed by atoms with Gasteiger partial charge in [-0.15, -0.1) is 0 Å². The van der Waals surface area contributed by atoms with Crippen LogP contribution >= 0.6 is 0 Å². The average molecular weight is 238 g/mol. The van der Waals surface area contributed by atoms with Gasteiger partial charge < -0.3 is 10.2 Å². The van der Waals surface area contributed by atoms with Gasteiger partial charge in [-0.05, 0) is 51.1 Å². The van der Waals surface area contributed by atoms with Crippen molar-refractivity contribution in [3.05, 3.63) is 0 Å². The second-order valence-electron chi connectivity index (χ2n) is 6.49. The SMILES string of the molecule is CNC1CCCCCC1CN(C)CC1CC1C. The molecule has 100 valence electrons. The summed E-state index contributed by atoms with van der Waals surface area (Å²) in [5, 5.41) is 3.55. The highest BCUT2D eigenvalue weighted by Crippen LogP contribution is 2.38. The van der Waals surface area contributed by atoms with Crippen LogP contribution in [-0.4, -0.2) is 38.1 Å². The van der Waals surface area contributed by atoms with Gasteiger partial charge in [-0.2, -0.15) is 0 Å². The van der Waals surface area contributed by atoms with Gasteiger partial charge in [0.25, 0.3) is 0 Å². The zero-order chi connectivity index (χ0) is 12.3. The van der Waals surface area contributed by atoms with Crippen molar-refractivity contribution in [1.82, 2.24) is 10.2 Å². The average Bonchev–Trinajstić information content (AvgIpc) is 3.02. The van der Waals surface area contributed by atoms with E-state index in [0.717, 1.165) is 23.8 Å². The van der Waals surface area contributed by atoms with E-state index < -0.39 is 0 Å². The number of hydrogen-bond acceptors (Lipinski definition) is 2. The fourth-order valence-electron chi connectivity index (χ4n) is 3.51. The molecule has 0 aromatic rings. The molecule has 0 aromatic heterocycles. The molecule has 2 saturated carbocycles. The van der Waals surface area contributed by atoms with E-state index in [-0.39, 0.29) is 0 Å². The van der Waals surface area contributed by atoms with Gasteiger partial charge in [0.15, 0.2) is 0 Å². The fourth-order valence-corrected chi connectivity index (χ4v) is 3.51. The van der Waals surface area contributed by atoms with Gasteiger partial charge in [0.2, 0.25) is 0 Å². The fraction of sp³-hybridized carbons (Fsp3) is 1.00. The van der Waals surface area contributed by atoms with Crippen LogP contribution in [0.4, 0.5) is 0 Å². The number of nitrogens with one attached hydrogen (secondary N) is 1. The van der Waals surface area contributed by atoms with Crippen molar-refractivity contribution < 1.29 is 0 Å². The summed E-state index contributed by atoms with van der Waals surface area (Å²) in [6.45, 7) is 5.02. The Bertz CT molecular complexity index is 229. The third-order valence-corrected chi connectivity index (χ3v) is 4.90. The Labute approximate surface area is 107 Å². The Kier molecular flexibility index (Phi) is 4.87. The van der Waals surface area contributed by atoms with E-state index in [1.165, 1.54) is 51.6 Å². The van der Waals surface area contributed by atoms with E-state index in [4.69, 9.17) is 0 Å². The van der Waals surface area contributed by atoms with Gasteiger partial charge in [-0.25, -0.2) is 0 Å². The van der Waals surface area contributed by atoms with Crippen molar-refractivity contribution in [2.75, 3.05) is 27.2 Å². The third kappa shape index (κ3) is 3.96. The van der Waals surface area contributed by atoms with Crippen molar-refractivity contribution in [2.24, 2.45) is 17.8 Å². The van der Waals surface area contributed by atoms with Gasteiger partial charge in [-0.3, -0.25) is 0 Å². The van der Waals surface area contributed by atoms with Gasteiger partial charge in [0, 0.05) is 19.1 Å². The molecule has 0 radical (unpaired) electrons. The highest BCUT2D eigenvalue weighted by Gasteiger charge is 2.34. The maximum atomic E-state index is 3.55. The Balaban J connectivity index is 1.77. The molecular weight excluding hydrogens is 208 g/mol. The zero-order valence-corrected chi connectivity index (χ0v) is 11.9. The highest BCUT2D eigenvalue weighted by molar-refractivity contribution is 4.86. The maximum Gasteiger partial charge on any atom is 0.0104 e. The van der Waals surface area contributed by atoms with Gasteiger partial charge in [-0.1, -0.05) is 26.2 Å². The van der Waals surface area contributed by atoms with E-state index >= 15 is 0 Å². The minimum absolute atomic E-state index is 0.761. The molecule has 2 rings (SSSR count). The minimum Gasteiger partial charge on any atom is -0.317 e. The quantitative estimate of drug-likeness (QED) is 0.741. The maximum absolute atomic E-state index is 3.55. The lowest BCUT2D eigenvalue weighted by Crippen LogP contribution is -2.39. The lowest BCUT2D eigenvalue weighted by atomic mass is 9.94. The molecule has 4 unspecified atom stereocenters. The lowest BCUT2D eigenvalue weighted by molar-refractivity contribution is 0.221. The van der Waals surface area contributed by atoms with Crippen molar-refractivity contribution >= 4 is 0 Å². The summed E-state index contributed by atoms with van der Waals surface area (Å²) >= 11 is 0. The second kappa shape index (κ2) is 6.19.